The molecule has 1 atom stereocenters. The van der Waals surface area contributed by atoms with Gasteiger partial charge in [0.15, 0.2) is 0 Å². The highest BCUT2D eigenvalue weighted by molar-refractivity contribution is 4.86. The van der Waals surface area contributed by atoms with Gasteiger partial charge >= 0.3 is 0 Å². The Kier molecular flexibility index (Phi) is 4.24. The molecule has 1 saturated heterocycles. The van der Waals surface area contributed by atoms with Crippen molar-refractivity contribution in [2.75, 3.05) is 19.7 Å². The second-order valence-electron chi connectivity index (χ2n) is 3.08. The van der Waals surface area contributed by atoms with E-state index in [4.69, 9.17) is 5.11 Å². The lowest BCUT2D eigenvalue weighted by atomic mass is 10.0. The number of aliphatic hydroxyl groups excluding tert-OH is 1. The van der Waals surface area contributed by atoms with Gasteiger partial charge in [-0.05, 0) is 38.3 Å². The number of aliphatic hydroxyl groups is 1. The Bertz CT molecular complexity index is 117. The van der Waals surface area contributed by atoms with Crippen LogP contribution in [0.4, 0.5) is 0 Å². The van der Waals surface area contributed by atoms with Gasteiger partial charge in [-0.25, -0.2) is 0 Å². The van der Waals surface area contributed by atoms with E-state index < -0.39 is 0 Å². The van der Waals surface area contributed by atoms with Crippen LogP contribution in [0.3, 0.4) is 0 Å². The van der Waals surface area contributed by atoms with Gasteiger partial charge in [0.1, 0.15) is 0 Å². The zero-order valence-electron chi connectivity index (χ0n) is 6.92. The van der Waals surface area contributed by atoms with E-state index in [9.17, 15) is 0 Å². The normalized spacial score (nSPS) is 25.0. The van der Waals surface area contributed by atoms with Gasteiger partial charge in [0.25, 0.3) is 0 Å². The maximum atomic E-state index is 8.49. The largest absolute Gasteiger partial charge is 0.396 e. The Morgan fingerprint density at radius 2 is 2.36 bits per heavy atom. The lowest BCUT2D eigenvalue weighted by Gasteiger charge is -2.01. The van der Waals surface area contributed by atoms with Crippen LogP contribution in [0.25, 0.3) is 0 Å². The van der Waals surface area contributed by atoms with Crippen LogP contribution in [0.2, 0.25) is 0 Å². The fourth-order valence-electron chi connectivity index (χ4n) is 1.40. The highest BCUT2D eigenvalue weighted by atomic mass is 16.2. The van der Waals surface area contributed by atoms with E-state index in [1.54, 1.807) is 0 Å². The predicted molar refractivity (Wildman–Crippen MR) is 46.4 cm³/mol. The zero-order chi connectivity index (χ0) is 7.94. The molecule has 11 heavy (non-hydrogen) atoms. The first-order chi connectivity index (χ1) is 5.43. The molecule has 1 aliphatic rings. The van der Waals surface area contributed by atoms with Gasteiger partial charge in [-0.15, -0.1) is 0 Å². The quantitative estimate of drug-likeness (QED) is 0.592. The first-order valence-corrected chi connectivity index (χ1v) is 4.40. The topological polar surface area (TPSA) is 32.3 Å². The fourth-order valence-corrected chi connectivity index (χ4v) is 1.40. The van der Waals surface area contributed by atoms with Gasteiger partial charge in [-0.1, -0.05) is 12.2 Å². The molecule has 0 amide bonds. The molecule has 0 aromatic heterocycles. The van der Waals surface area contributed by atoms with E-state index in [0.717, 1.165) is 12.3 Å². The van der Waals surface area contributed by atoms with Crippen LogP contribution < -0.4 is 5.32 Å². The third kappa shape index (κ3) is 3.54. The molecular weight excluding hydrogens is 138 g/mol. The van der Waals surface area contributed by atoms with E-state index in [1.807, 2.05) is 0 Å². The summed E-state index contributed by atoms with van der Waals surface area (Å²) >= 11 is 0. The van der Waals surface area contributed by atoms with Crippen LogP contribution >= 0.6 is 0 Å². The number of rotatable bonds is 4. The Balaban J connectivity index is 2.01. The average Bonchev–Trinajstić information content (AvgIpc) is 2.50. The molecule has 1 fully saturated rings. The molecule has 0 aromatic rings. The van der Waals surface area contributed by atoms with Crippen molar-refractivity contribution >= 4 is 0 Å². The van der Waals surface area contributed by atoms with E-state index in [2.05, 4.69) is 17.5 Å². The summed E-state index contributed by atoms with van der Waals surface area (Å²) in [5.41, 5.74) is 0. The van der Waals surface area contributed by atoms with Gasteiger partial charge in [-0.2, -0.15) is 0 Å². The van der Waals surface area contributed by atoms with Crippen molar-refractivity contribution in [1.82, 2.24) is 5.32 Å². The molecule has 64 valence electrons. The van der Waals surface area contributed by atoms with E-state index >= 15 is 0 Å². The van der Waals surface area contributed by atoms with Crippen molar-refractivity contribution in [3.63, 3.8) is 0 Å². The zero-order valence-corrected chi connectivity index (χ0v) is 6.92. The molecule has 1 heterocycles. The van der Waals surface area contributed by atoms with Crippen molar-refractivity contribution in [2.24, 2.45) is 5.92 Å². The lowest BCUT2D eigenvalue weighted by molar-refractivity contribution is 0.302. The summed E-state index contributed by atoms with van der Waals surface area (Å²) < 4.78 is 0. The van der Waals surface area contributed by atoms with Crippen LogP contribution in [-0.4, -0.2) is 24.8 Å². The highest BCUT2D eigenvalue weighted by Gasteiger charge is 2.11. The van der Waals surface area contributed by atoms with Crippen LogP contribution in [0.1, 0.15) is 19.3 Å². The molecule has 1 unspecified atom stereocenters. The van der Waals surface area contributed by atoms with E-state index in [-0.39, 0.29) is 6.61 Å². The molecule has 0 spiro atoms. The smallest absolute Gasteiger partial charge is 0.0465 e. The molecule has 0 aromatic carbocycles. The van der Waals surface area contributed by atoms with E-state index in [1.165, 1.54) is 25.9 Å². The third-order valence-corrected chi connectivity index (χ3v) is 2.09. The SMILES string of the molecule is OCC/C=C\CC1CCNC1. The Labute approximate surface area is 68.3 Å². The summed E-state index contributed by atoms with van der Waals surface area (Å²) in [6, 6.07) is 0. The minimum Gasteiger partial charge on any atom is -0.396 e. The predicted octanol–water partition coefficient (Wildman–Crippen LogP) is 0.925. The van der Waals surface area contributed by atoms with Crippen LogP contribution in [0.5, 0.6) is 0 Å². The molecule has 2 nitrogen and oxygen atoms in total. The molecule has 1 aliphatic heterocycles. The average molecular weight is 155 g/mol. The second kappa shape index (κ2) is 5.33. The van der Waals surface area contributed by atoms with Crippen molar-refractivity contribution in [1.29, 1.82) is 0 Å². The maximum absolute atomic E-state index is 8.49. The molecule has 0 bridgehead atoms. The van der Waals surface area contributed by atoms with Gasteiger partial charge < -0.3 is 10.4 Å². The van der Waals surface area contributed by atoms with Crippen LogP contribution in [0, 0.1) is 5.92 Å². The number of allylic oxidation sites excluding steroid dienone is 1. The van der Waals surface area contributed by atoms with Gasteiger partial charge in [0.05, 0.1) is 0 Å². The van der Waals surface area contributed by atoms with Crippen LogP contribution in [-0.2, 0) is 0 Å². The summed E-state index contributed by atoms with van der Waals surface area (Å²) in [5.74, 6) is 0.838. The summed E-state index contributed by atoms with van der Waals surface area (Å²) in [5, 5.41) is 11.8. The molecule has 2 heteroatoms. The standard InChI is InChI=1S/C9H17NO/c11-7-3-1-2-4-9-5-6-10-8-9/h1-2,9-11H,3-8H2/b2-1-. The monoisotopic (exact) mass is 155 g/mol. The summed E-state index contributed by atoms with van der Waals surface area (Å²) in [6.45, 7) is 2.63. The summed E-state index contributed by atoms with van der Waals surface area (Å²) in [6.07, 6.45) is 7.54. The maximum Gasteiger partial charge on any atom is 0.0465 e. The highest BCUT2D eigenvalue weighted by Crippen LogP contribution is 2.12. The molecule has 0 aliphatic carbocycles. The molecule has 2 N–H and O–H groups in total. The summed E-state index contributed by atoms with van der Waals surface area (Å²) in [7, 11) is 0. The molecule has 0 saturated carbocycles. The Morgan fingerprint density at radius 1 is 1.45 bits per heavy atom. The van der Waals surface area contributed by atoms with Gasteiger partial charge in [0, 0.05) is 6.61 Å². The first kappa shape index (κ1) is 8.75. The minimum absolute atomic E-state index is 0.277. The number of hydrogen-bond donors (Lipinski definition) is 2. The third-order valence-electron chi connectivity index (χ3n) is 2.09. The Hall–Kier alpha value is -0.340. The molecule has 0 radical (unpaired) electrons. The van der Waals surface area contributed by atoms with Crippen molar-refractivity contribution in [3.05, 3.63) is 12.2 Å². The number of nitrogens with one attached hydrogen (secondary N) is 1. The molecule has 1 rings (SSSR count). The lowest BCUT2D eigenvalue weighted by Crippen LogP contribution is -2.08. The molecular formula is C9H17NO. The first-order valence-electron chi connectivity index (χ1n) is 4.40. The van der Waals surface area contributed by atoms with Crippen molar-refractivity contribution in [2.45, 2.75) is 19.3 Å². The van der Waals surface area contributed by atoms with Gasteiger partial charge in [-0.3, -0.25) is 0 Å². The second-order valence-corrected chi connectivity index (χ2v) is 3.08. The Morgan fingerprint density at radius 3 is 3.00 bits per heavy atom. The van der Waals surface area contributed by atoms with Crippen molar-refractivity contribution in [3.8, 4) is 0 Å². The summed E-state index contributed by atoms with van der Waals surface area (Å²) in [4.78, 5) is 0. The fraction of sp³-hybridized carbons (Fsp3) is 0.778. The number of hydrogen-bond acceptors (Lipinski definition) is 2. The van der Waals surface area contributed by atoms with Gasteiger partial charge in [0.2, 0.25) is 0 Å². The minimum atomic E-state index is 0.277. The van der Waals surface area contributed by atoms with Crippen LogP contribution in [0.15, 0.2) is 12.2 Å². The van der Waals surface area contributed by atoms with Crippen molar-refractivity contribution < 1.29 is 5.11 Å². The van der Waals surface area contributed by atoms with E-state index in [0.29, 0.717) is 0 Å².